The van der Waals surface area contributed by atoms with Crippen LogP contribution >= 0.6 is 11.6 Å². The van der Waals surface area contributed by atoms with Crippen molar-refractivity contribution < 1.29 is 19.4 Å². The SMILES string of the molecule is O=C(O)C[C@@H](CNC(=O)OCC1c2ccccc2-c2ccccc21)c1ccc(Cl)cc1. The molecule has 0 fully saturated rings. The Bertz CT molecular complexity index is 1050. The molecule has 0 saturated carbocycles. The molecule has 158 valence electrons. The van der Waals surface area contributed by atoms with E-state index >= 15 is 0 Å². The number of ether oxygens (including phenoxy) is 1. The van der Waals surface area contributed by atoms with Crippen LogP contribution in [-0.4, -0.2) is 30.3 Å². The lowest BCUT2D eigenvalue weighted by atomic mass is 9.96. The Morgan fingerprint density at radius 1 is 0.935 bits per heavy atom. The molecule has 0 unspecified atom stereocenters. The number of carbonyl (C=O) groups excluding carboxylic acids is 1. The molecule has 31 heavy (non-hydrogen) atoms. The molecule has 1 aliphatic rings. The maximum absolute atomic E-state index is 12.4. The van der Waals surface area contributed by atoms with E-state index < -0.39 is 12.1 Å². The van der Waals surface area contributed by atoms with E-state index in [0.29, 0.717) is 5.02 Å². The molecule has 2 N–H and O–H groups in total. The molecule has 1 amide bonds. The van der Waals surface area contributed by atoms with Crippen LogP contribution in [0.25, 0.3) is 11.1 Å². The Morgan fingerprint density at radius 2 is 1.52 bits per heavy atom. The van der Waals surface area contributed by atoms with Gasteiger partial charge in [-0.15, -0.1) is 0 Å². The summed E-state index contributed by atoms with van der Waals surface area (Å²) in [5.74, 6) is -1.34. The average Bonchev–Trinajstić information content (AvgIpc) is 3.09. The van der Waals surface area contributed by atoms with Gasteiger partial charge in [0.15, 0.2) is 0 Å². The number of carboxylic acid groups (broad SMARTS) is 1. The second-order valence-corrected chi connectivity index (χ2v) is 7.99. The summed E-state index contributed by atoms with van der Waals surface area (Å²) in [5.41, 5.74) is 5.40. The molecule has 5 nitrogen and oxygen atoms in total. The van der Waals surface area contributed by atoms with E-state index in [9.17, 15) is 14.7 Å². The highest BCUT2D eigenvalue weighted by Gasteiger charge is 2.29. The molecule has 0 aromatic heterocycles. The zero-order valence-corrected chi connectivity index (χ0v) is 17.5. The zero-order valence-electron chi connectivity index (χ0n) is 16.8. The molecule has 0 aliphatic heterocycles. The van der Waals surface area contributed by atoms with Gasteiger partial charge in [-0.2, -0.15) is 0 Å². The molecule has 6 heteroatoms. The topological polar surface area (TPSA) is 75.6 Å². The van der Waals surface area contributed by atoms with Gasteiger partial charge in [0.25, 0.3) is 0 Å². The van der Waals surface area contributed by atoms with Crippen molar-refractivity contribution >= 4 is 23.7 Å². The first-order chi connectivity index (χ1) is 15.0. The highest BCUT2D eigenvalue weighted by molar-refractivity contribution is 6.30. The van der Waals surface area contributed by atoms with Crippen LogP contribution in [0.1, 0.15) is 34.9 Å². The fraction of sp³-hybridized carbons (Fsp3) is 0.200. The van der Waals surface area contributed by atoms with Gasteiger partial charge in [-0.25, -0.2) is 4.79 Å². The number of nitrogens with one attached hydrogen (secondary N) is 1. The predicted octanol–water partition coefficient (Wildman–Crippen LogP) is 5.44. The van der Waals surface area contributed by atoms with Crippen LogP contribution in [0.3, 0.4) is 0 Å². The number of hydrogen-bond acceptors (Lipinski definition) is 3. The molecule has 1 aliphatic carbocycles. The second kappa shape index (κ2) is 9.23. The first-order valence-electron chi connectivity index (χ1n) is 10.1. The van der Waals surface area contributed by atoms with Gasteiger partial charge in [0.2, 0.25) is 0 Å². The lowest BCUT2D eigenvalue weighted by Gasteiger charge is -2.18. The number of rotatable bonds is 7. The lowest BCUT2D eigenvalue weighted by Crippen LogP contribution is -2.31. The number of hydrogen-bond donors (Lipinski definition) is 2. The van der Waals surface area contributed by atoms with Crippen molar-refractivity contribution in [2.45, 2.75) is 18.3 Å². The zero-order chi connectivity index (χ0) is 21.8. The van der Waals surface area contributed by atoms with Gasteiger partial charge in [-0.05, 0) is 39.9 Å². The molecular weight excluding hydrogens is 414 g/mol. The number of aliphatic carboxylic acids is 1. The van der Waals surface area contributed by atoms with E-state index in [4.69, 9.17) is 16.3 Å². The van der Waals surface area contributed by atoms with Crippen molar-refractivity contribution in [3.8, 4) is 11.1 Å². The summed E-state index contributed by atoms with van der Waals surface area (Å²) >= 11 is 5.92. The third kappa shape index (κ3) is 4.72. The Labute approximate surface area is 185 Å². The molecule has 3 aromatic carbocycles. The highest BCUT2D eigenvalue weighted by atomic mass is 35.5. The number of benzene rings is 3. The summed E-state index contributed by atoms with van der Waals surface area (Å²) < 4.78 is 5.53. The average molecular weight is 436 g/mol. The summed E-state index contributed by atoms with van der Waals surface area (Å²) in [6.45, 7) is 0.370. The molecule has 0 radical (unpaired) electrons. The van der Waals surface area contributed by atoms with Crippen LogP contribution in [0.4, 0.5) is 4.79 Å². The number of carboxylic acids is 1. The van der Waals surface area contributed by atoms with E-state index in [-0.39, 0.29) is 31.4 Å². The van der Waals surface area contributed by atoms with Gasteiger partial charge < -0.3 is 15.2 Å². The Morgan fingerprint density at radius 3 is 2.10 bits per heavy atom. The number of halogens is 1. The largest absolute Gasteiger partial charge is 0.481 e. The van der Waals surface area contributed by atoms with Gasteiger partial charge in [-0.1, -0.05) is 72.3 Å². The van der Waals surface area contributed by atoms with Crippen LogP contribution in [0, 0.1) is 0 Å². The second-order valence-electron chi connectivity index (χ2n) is 7.55. The van der Waals surface area contributed by atoms with Gasteiger partial charge in [-0.3, -0.25) is 4.79 Å². The molecular formula is C25H22ClNO4. The number of carbonyl (C=O) groups is 2. The van der Waals surface area contributed by atoms with Gasteiger partial charge in [0.1, 0.15) is 6.61 Å². The summed E-state index contributed by atoms with van der Waals surface area (Å²) in [6, 6.07) is 23.2. The number of amides is 1. The molecule has 0 bridgehead atoms. The monoisotopic (exact) mass is 435 g/mol. The van der Waals surface area contributed by atoms with Crippen molar-refractivity contribution in [1.82, 2.24) is 5.32 Å². The number of fused-ring (bicyclic) bond motifs is 3. The van der Waals surface area contributed by atoms with Crippen molar-refractivity contribution in [3.05, 3.63) is 94.5 Å². The lowest BCUT2D eigenvalue weighted by molar-refractivity contribution is -0.137. The smallest absolute Gasteiger partial charge is 0.407 e. The first kappa shape index (κ1) is 20.9. The van der Waals surface area contributed by atoms with Crippen molar-refractivity contribution in [2.75, 3.05) is 13.2 Å². The summed E-state index contributed by atoms with van der Waals surface area (Å²) in [7, 11) is 0. The van der Waals surface area contributed by atoms with Crippen molar-refractivity contribution in [1.29, 1.82) is 0 Å². The Kier molecular flexibility index (Phi) is 6.23. The van der Waals surface area contributed by atoms with E-state index in [2.05, 4.69) is 29.6 Å². The molecule has 3 aromatic rings. The van der Waals surface area contributed by atoms with Crippen LogP contribution in [0.2, 0.25) is 5.02 Å². The molecule has 0 heterocycles. The molecule has 0 saturated heterocycles. The van der Waals surface area contributed by atoms with Crippen molar-refractivity contribution in [2.24, 2.45) is 0 Å². The highest BCUT2D eigenvalue weighted by Crippen LogP contribution is 2.44. The third-order valence-electron chi connectivity index (χ3n) is 5.60. The van der Waals surface area contributed by atoms with Gasteiger partial charge in [0.05, 0.1) is 6.42 Å². The fourth-order valence-electron chi connectivity index (χ4n) is 4.11. The normalized spacial score (nSPS) is 13.2. The Balaban J connectivity index is 1.40. The van der Waals surface area contributed by atoms with Crippen LogP contribution < -0.4 is 5.32 Å². The maximum Gasteiger partial charge on any atom is 0.407 e. The minimum absolute atomic E-state index is 0.0239. The Hall–Kier alpha value is -3.31. The third-order valence-corrected chi connectivity index (χ3v) is 5.85. The van der Waals surface area contributed by atoms with E-state index in [1.807, 2.05) is 24.3 Å². The quantitative estimate of drug-likeness (QED) is 0.518. The fourth-order valence-corrected chi connectivity index (χ4v) is 4.24. The molecule has 0 spiro atoms. The van der Waals surface area contributed by atoms with Gasteiger partial charge >= 0.3 is 12.1 Å². The summed E-state index contributed by atoms with van der Waals surface area (Å²) in [6.07, 6.45) is -0.670. The van der Waals surface area contributed by atoms with Crippen LogP contribution in [0.5, 0.6) is 0 Å². The van der Waals surface area contributed by atoms with Gasteiger partial charge in [0, 0.05) is 23.4 Å². The van der Waals surface area contributed by atoms with E-state index in [1.165, 1.54) is 0 Å². The van der Waals surface area contributed by atoms with E-state index in [0.717, 1.165) is 27.8 Å². The molecule has 1 atom stereocenters. The first-order valence-corrected chi connectivity index (χ1v) is 10.5. The van der Waals surface area contributed by atoms with Crippen LogP contribution in [-0.2, 0) is 9.53 Å². The summed E-state index contributed by atoms with van der Waals surface area (Å²) in [4.78, 5) is 23.7. The number of alkyl carbamates (subject to hydrolysis) is 1. The molecule has 4 rings (SSSR count). The summed E-state index contributed by atoms with van der Waals surface area (Å²) in [5, 5.41) is 12.5. The van der Waals surface area contributed by atoms with Crippen LogP contribution in [0.15, 0.2) is 72.8 Å². The minimum atomic E-state index is -0.936. The standard InChI is InChI=1S/C25H22ClNO4/c26-18-11-9-16(10-12-18)17(13-24(28)29)14-27-25(30)31-15-23-21-7-3-1-5-19(21)20-6-2-4-8-22(20)23/h1-12,17,23H,13-15H2,(H,27,30)(H,28,29)/t17-/m0/s1. The van der Waals surface area contributed by atoms with Crippen molar-refractivity contribution in [3.63, 3.8) is 0 Å². The van der Waals surface area contributed by atoms with E-state index in [1.54, 1.807) is 24.3 Å². The minimum Gasteiger partial charge on any atom is -0.481 e. The maximum atomic E-state index is 12.4. The predicted molar refractivity (Wildman–Crippen MR) is 120 cm³/mol.